The summed E-state index contributed by atoms with van der Waals surface area (Å²) in [6, 6.07) is 13.5. The molecule has 2 aliphatic heterocycles. The molecule has 2 amide bonds. The Hall–Kier alpha value is -2.52. The standard InChI is InChI=1S/C28H38FN3O4/c1-36-16-7-6-14-28(35,23-12-4-2-10-21(23)22-11-3-5-13-24(22)29)20-9-8-15-31(17-20)27(34)32-18-25(30)26(33)19-32/h2-5,10-13,20,25-26,33,35H,6-9,14-19,30H2,1H3. The van der Waals surface area contributed by atoms with Crippen molar-refractivity contribution in [1.82, 2.24) is 9.80 Å². The van der Waals surface area contributed by atoms with Gasteiger partial charge in [0.2, 0.25) is 0 Å². The molecule has 0 saturated carbocycles. The van der Waals surface area contributed by atoms with Crippen LogP contribution in [0.4, 0.5) is 9.18 Å². The Morgan fingerprint density at radius 1 is 1.08 bits per heavy atom. The number of unbranched alkanes of at least 4 members (excludes halogenated alkanes) is 1. The molecule has 2 heterocycles. The number of piperidine rings is 1. The van der Waals surface area contributed by atoms with Gasteiger partial charge in [-0.05, 0) is 49.3 Å². The molecule has 2 fully saturated rings. The predicted molar refractivity (Wildman–Crippen MR) is 137 cm³/mol. The van der Waals surface area contributed by atoms with Crippen LogP contribution in [0.5, 0.6) is 0 Å². The van der Waals surface area contributed by atoms with Gasteiger partial charge in [0.25, 0.3) is 0 Å². The maximum Gasteiger partial charge on any atom is 0.320 e. The fourth-order valence-electron chi connectivity index (χ4n) is 5.68. The van der Waals surface area contributed by atoms with E-state index in [4.69, 9.17) is 10.5 Å². The Balaban J connectivity index is 1.65. The van der Waals surface area contributed by atoms with Crippen LogP contribution < -0.4 is 5.73 Å². The van der Waals surface area contributed by atoms with Crippen molar-refractivity contribution in [2.75, 3.05) is 39.9 Å². The number of amides is 2. The number of methoxy groups -OCH3 is 1. The van der Waals surface area contributed by atoms with Crippen molar-refractivity contribution in [1.29, 1.82) is 0 Å². The van der Waals surface area contributed by atoms with E-state index in [1.54, 1.807) is 35.1 Å². The smallest absolute Gasteiger partial charge is 0.320 e. The number of halogens is 1. The molecule has 2 aliphatic rings. The molecule has 196 valence electrons. The average Bonchev–Trinajstić information content (AvgIpc) is 3.24. The van der Waals surface area contributed by atoms with Gasteiger partial charge in [-0.2, -0.15) is 0 Å². The molecule has 4 N–H and O–H groups in total. The molecule has 7 nitrogen and oxygen atoms in total. The summed E-state index contributed by atoms with van der Waals surface area (Å²) in [6.45, 7) is 2.11. The van der Waals surface area contributed by atoms with E-state index in [1.165, 1.54) is 6.07 Å². The number of urea groups is 1. The molecule has 0 radical (unpaired) electrons. The van der Waals surface area contributed by atoms with Crippen molar-refractivity contribution >= 4 is 6.03 Å². The second-order valence-corrected chi connectivity index (χ2v) is 10.1. The summed E-state index contributed by atoms with van der Waals surface area (Å²) in [5, 5.41) is 22.4. The molecule has 4 atom stereocenters. The van der Waals surface area contributed by atoms with Crippen LogP contribution in [0.2, 0.25) is 0 Å². The zero-order valence-corrected chi connectivity index (χ0v) is 21.0. The van der Waals surface area contributed by atoms with Crippen molar-refractivity contribution in [3.63, 3.8) is 0 Å². The van der Waals surface area contributed by atoms with Gasteiger partial charge >= 0.3 is 6.03 Å². The van der Waals surface area contributed by atoms with Crippen molar-refractivity contribution in [3.8, 4) is 11.1 Å². The van der Waals surface area contributed by atoms with Crippen molar-refractivity contribution in [2.24, 2.45) is 11.7 Å². The lowest BCUT2D eigenvalue weighted by Gasteiger charge is -2.44. The fourth-order valence-corrected chi connectivity index (χ4v) is 5.68. The van der Waals surface area contributed by atoms with Crippen LogP contribution >= 0.6 is 0 Å². The Kier molecular flexibility index (Phi) is 8.62. The first kappa shape index (κ1) is 26.5. The van der Waals surface area contributed by atoms with Gasteiger partial charge in [-0.1, -0.05) is 42.5 Å². The number of aliphatic hydroxyl groups excluding tert-OH is 1. The number of ether oxygens (including phenoxy) is 1. The Bertz CT molecular complexity index is 1030. The van der Waals surface area contributed by atoms with E-state index in [1.807, 2.05) is 24.3 Å². The minimum absolute atomic E-state index is 0.157. The molecule has 36 heavy (non-hydrogen) atoms. The predicted octanol–water partition coefficient (Wildman–Crippen LogP) is 3.33. The second kappa shape index (κ2) is 11.7. The Morgan fingerprint density at radius 2 is 1.81 bits per heavy atom. The summed E-state index contributed by atoms with van der Waals surface area (Å²) < 4.78 is 20.1. The number of hydrogen-bond donors (Lipinski definition) is 3. The highest BCUT2D eigenvalue weighted by Crippen LogP contribution is 2.44. The lowest BCUT2D eigenvalue weighted by molar-refractivity contribution is -0.0572. The first-order chi connectivity index (χ1) is 17.3. The summed E-state index contributed by atoms with van der Waals surface area (Å²) in [6.07, 6.45) is 2.77. The van der Waals surface area contributed by atoms with Gasteiger partial charge in [0.1, 0.15) is 5.82 Å². The Labute approximate surface area is 212 Å². The number of benzene rings is 2. The number of rotatable bonds is 8. The van der Waals surface area contributed by atoms with Crippen LogP contribution in [0.25, 0.3) is 11.1 Å². The number of nitrogens with two attached hydrogens (primary N) is 1. The van der Waals surface area contributed by atoms with E-state index < -0.39 is 17.7 Å². The molecule has 4 rings (SSSR count). The topological polar surface area (TPSA) is 99.3 Å². The van der Waals surface area contributed by atoms with Gasteiger partial charge in [0, 0.05) is 57.4 Å². The van der Waals surface area contributed by atoms with E-state index >= 15 is 0 Å². The van der Waals surface area contributed by atoms with Gasteiger partial charge in [0.15, 0.2) is 0 Å². The quantitative estimate of drug-likeness (QED) is 0.484. The van der Waals surface area contributed by atoms with Gasteiger partial charge in [-0.25, -0.2) is 9.18 Å². The van der Waals surface area contributed by atoms with Crippen molar-refractivity contribution in [3.05, 3.63) is 59.9 Å². The molecule has 0 spiro atoms. The van der Waals surface area contributed by atoms with Crippen molar-refractivity contribution in [2.45, 2.75) is 49.9 Å². The summed E-state index contributed by atoms with van der Waals surface area (Å²) >= 11 is 0. The number of carbonyl (C=O) groups is 1. The third-order valence-electron chi connectivity index (χ3n) is 7.68. The highest BCUT2D eigenvalue weighted by atomic mass is 19.1. The highest BCUT2D eigenvalue weighted by Gasteiger charge is 2.44. The van der Waals surface area contributed by atoms with Crippen LogP contribution in [0, 0.1) is 11.7 Å². The lowest BCUT2D eigenvalue weighted by Crippen LogP contribution is -2.52. The molecule has 2 aromatic carbocycles. The van der Waals surface area contributed by atoms with E-state index in [9.17, 15) is 19.4 Å². The minimum Gasteiger partial charge on any atom is -0.390 e. The monoisotopic (exact) mass is 499 g/mol. The largest absolute Gasteiger partial charge is 0.390 e. The maximum absolute atomic E-state index is 14.9. The number of carbonyl (C=O) groups excluding carboxylic acids is 1. The number of β-amino-alcohol motifs (C(OH)–C–C–N with tert-alkyl or cyclic N) is 1. The molecule has 2 aromatic rings. The molecule has 4 unspecified atom stereocenters. The molecule has 2 saturated heterocycles. The third-order valence-corrected chi connectivity index (χ3v) is 7.68. The molecular weight excluding hydrogens is 461 g/mol. The van der Waals surface area contributed by atoms with E-state index in [0.717, 1.165) is 25.7 Å². The first-order valence-corrected chi connectivity index (χ1v) is 12.9. The summed E-state index contributed by atoms with van der Waals surface area (Å²) in [7, 11) is 1.66. The van der Waals surface area contributed by atoms with Gasteiger partial charge in [-0.3, -0.25) is 0 Å². The van der Waals surface area contributed by atoms with Crippen LogP contribution in [0.1, 0.15) is 37.7 Å². The van der Waals surface area contributed by atoms with E-state index in [-0.39, 0.29) is 24.3 Å². The van der Waals surface area contributed by atoms with Crippen molar-refractivity contribution < 1.29 is 24.1 Å². The lowest BCUT2D eigenvalue weighted by atomic mass is 9.72. The van der Waals surface area contributed by atoms with E-state index in [0.29, 0.717) is 49.4 Å². The van der Waals surface area contributed by atoms with Crippen LogP contribution in [-0.4, -0.2) is 78.1 Å². The molecule has 0 aromatic heterocycles. The summed E-state index contributed by atoms with van der Waals surface area (Å²) in [5.41, 5.74) is 6.48. The van der Waals surface area contributed by atoms with Gasteiger partial charge in [-0.15, -0.1) is 0 Å². The zero-order chi connectivity index (χ0) is 25.7. The maximum atomic E-state index is 14.9. The average molecular weight is 500 g/mol. The highest BCUT2D eigenvalue weighted by molar-refractivity contribution is 5.75. The van der Waals surface area contributed by atoms with Crippen LogP contribution in [0.15, 0.2) is 48.5 Å². The fraction of sp³-hybridized carbons (Fsp3) is 0.536. The number of hydrogen-bond acceptors (Lipinski definition) is 5. The number of likely N-dealkylation sites (tertiary alicyclic amines) is 2. The minimum atomic E-state index is -1.26. The second-order valence-electron chi connectivity index (χ2n) is 10.1. The Morgan fingerprint density at radius 3 is 2.50 bits per heavy atom. The zero-order valence-electron chi connectivity index (χ0n) is 21.0. The van der Waals surface area contributed by atoms with Gasteiger partial charge in [0.05, 0.1) is 11.7 Å². The van der Waals surface area contributed by atoms with Crippen LogP contribution in [0.3, 0.4) is 0 Å². The van der Waals surface area contributed by atoms with Gasteiger partial charge < -0.3 is 30.5 Å². The SMILES string of the molecule is COCCCCC(O)(c1ccccc1-c1ccccc1F)C1CCCN(C(=O)N2CC(N)C(O)C2)C1. The number of nitrogens with zero attached hydrogens (tertiary/aromatic N) is 2. The number of aliphatic hydroxyl groups is 2. The molecule has 8 heteroatoms. The summed E-state index contributed by atoms with van der Waals surface area (Å²) in [4.78, 5) is 16.6. The third kappa shape index (κ3) is 5.57. The summed E-state index contributed by atoms with van der Waals surface area (Å²) in [5.74, 6) is -0.567. The molecule has 0 bridgehead atoms. The first-order valence-electron chi connectivity index (χ1n) is 12.9. The normalized spacial score (nSPS) is 24.1. The molecule has 0 aliphatic carbocycles. The molecular formula is C28H38FN3O4. The van der Waals surface area contributed by atoms with Crippen LogP contribution in [-0.2, 0) is 10.3 Å². The van der Waals surface area contributed by atoms with E-state index in [2.05, 4.69) is 0 Å².